The van der Waals surface area contributed by atoms with E-state index in [2.05, 4.69) is 31.4 Å². The first-order chi connectivity index (χ1) is 14.7. The lowest BCUT2D eigenvalue weighted by Crippen LogP contribution is -2.10. The Morgan fingerprint density at radius 2 is 1.47 bits per heavy atom. The van der Waals surface area contributed by atoms with Crippen LogP contribution in [0.2, 0.25) is 0 Å². The summed E-state index contributed by atoms with van der Waals surface area (Å²) in [4.78, 5) is 9.53. The largest absolute Gasteiger partial charge is 0.493 e. The Bertz CT molecular complexity index is 752. The average Bonchev–Trinajstić information content (AvgIpc) is 2.76. The van der Waals surface area contributed by atoms with Crippen molar-refractivity contribution in [3.63, 3.8) is 0 Å². The first-order valence-electron chi connectivity index (χ1n) is 11.7. The van der Waals surface area contributed by atoms with E-state index in [0.717, 1.165) is 54.8 Å². The van der Waals surface area contributed by atoms with E-state index >= 15 is 0 Å². The molecule has 30 heavy (non-hydrogen) atoms. The summed E-state index contributed by atoms with van der Waals surface area (Å²) in [5.41, 5.74) is 0.865. The summed E-state index contributed by atoms with van der Waals surface area (Å²) in [6.45, 7) is 8.99. The second kappa shape index (κ2) is 13.9. The summed E-state index contributed by atoms with van der Waals surface area (Å²) in [6.07, 6.45) is 10.7. The number of rotatable bonds is 16. The molecular weight excluding hydrogens is 376 g/mol. The van der Waals surface area contributed by atoms with Gasteiger partial charge in [-0.15, -0.1) is 0 Å². The lowest BCUT2D eigenvalue weighted by Gasteiger charge is -2.15. The van der Waals surface area contributed by atoms with E-state index in [1.54, 1.807) is 7.11 Å². The Kier molecular flexibility index (Phi) is 11.1. The van der Waals surface area contributed by atoms with Crippen molar-refractivity contribution >= 4 is 22.7 Å². The molecule has 1 aromatic heterocycles. The van der Waals surface area contributed by atoms with E-state index < -0.39 is 0 Å². The number of nitrogens with zero attached hydrogens (tertiary/aromatic N) is 2. The third-order valence-corrected chi connectivity index (χ3v) is 5.08. The summed E-state index contributed by atoms with van der Waals surface area (Å²) in [5, 5.41) is 7.89. The van der Waals surface area contributed by atoms with Crippen molar-refractivity contribution in [1.82, 2.24) is 9.97 Å². The maximum Gasteiger partial charge on any atom is 0.225 e. The van der Waals surface area contributed by atoms with Gasteiger partial charge in [0, 0.05) is 24.5 Å². The normalized spacial score (nSPS) is 10.9. The van der Waals surface area contributed by atoms with Crippen molar-refractivity contribution in [3.8, 4) is 11.5 Å². The SMILES string of the molecule is CCCCCCNc1nc(NCCCCCC)c2cc(OC)c(OCCC)cc2n1. The smallest absolute Gasteiger partial charge is 0.225 e. The van der Waals surface area contributed by atoms with Crippen LogP contribution in [-0.2, 0) is 0 Å². The molecule has 0 unspecified atom stereocenters. The third kappa shape index (κ3) is 7.54. The lowest BCUT2D eigenvalue weighted by molar-refractivity contribution is 0.295. The van der Waals surface area contributed by atoms with Gasteiger partial charge in [0.05, 0.1) is 19.2 Å². The minimum Gasteiger partial charge on any atom is -0.493 e. The van der Waals surface area contributed by atoms with Crippen LogP contribution in [0.3, 0.4) is 0 Å². The number of fused-ring (bicyclic) bond motifs is 1. The highest BCUT2D eigenvalue weighted by Gasteiger charge is 2.13. The van der Waals surface area contributed by atoms with Gasteiger partial charge in [0.15, 0.2) is 11.5 Å². The number of aromatic nitrogens is 2. The van der Waals surface area contributed by atoms with Gasteiger partial charge in [-0.3, -0.25) is 0 Å². The van der Waals surface area contributed by atoms with E-state index in [9.17, 15) is 0 Å². The van der Waals surface area contributed by atoms with Gasteiger partial charge < -0.3 is 20.1 Å². The molecule has 2 aromatic rings. The summed E-state index contributed by atoms with van der Waals surface area (Å²) < 4.78 is 11.5. The number of ether oxygens (including phenoxy) is 2. The Morgan fingerprint density at radius 3 is 2.10 bits per heavy atom. The number of benzene rings is 1. The van der Waals surface area contributed by atoms with Gasteiger partial charge in [-0.2, -0.15) is 4.98 Å². The fourth-order valence-electron chi connectivity index (χ4n) is 3.35. The van der Waals surface area contributed by atoms with Gasteiger partial charge in [0.1, 0.15) is 5.82 Å². The van der Waals surface area contributed by atoms with Crippen LogP contribution in [0.15, 0.2) is 12.1 Å². The predicted octanol–water partition coefficient (Wildman–Crippen LogP) is 6.41. The van der Waals surface area contributed by atoms with Gasteiger partial charge in [-0.1, -0.05) is 59.3 Å². The molecule has 0 amide bonds. The number of unbranched alkanes of at least 4 members (excludes halogenated alkanes) is 6. The van der Waals surface area contributed by atoms with Crippen molar-refractivity contribution in [1.29, 1.82) is 0 Å². The molecule has 0 aliphatic carbocycles. The van der Waals surface area contributed by atoms with Crippen molar-refractivity contribution in [2.24, 2.45) is 0 Å². The fourth-order valence-corrected chi connectivity index (χ4v) is 3.35. The fraction of sp³-hybridized carbons (Fsp3) is 0.667. The zero-order chi connectivity index (χ0) is 21.6. The Balaban J connectivity index is 2.24. The molecule has 0 atom stereocenters. The van der Waals surface area contributed by atoms with Crippen LogP contribution in [0, 0.1) is 0 Å². The predicted molar refractivity (Wildman–Crippen MR) is 127 cm³/mol. The monoisotopic (exact) mass is 416 g/mol. The molecule has 168 valence electrons. The maximum absolute atomic E-state index is 5.89. The third-order valence-electron chi connectivity index (χ3n) is 5.08. The number of methoxy groups -OCH3 is 1. The minimum absolute atomic E-state index is 0.651. The molecule has 2 rings (SSSR count). The van der Waals surface area contributed by atoms with Gasteiger partial charge in [-0.25, -0.2) is 4.98 Å². The molecule has 0 radical (unpaired) electrons. The average molecular weight is 417 g/mol. The van der Waals surface area contributed by atoms with Crippen LogP contribution >= 0.6 is 0 Å². The van der Waals surface area contributed by atoms with Gasteiger partial charge in [0.2, 0.25) is 5.95 Å². The van der Waals surface area contributed by atoms with Crippen molar-refractivity contribution < 1.29 is 9.47 Å². The van der Waals surface area contributed by atoms with E-state index in [0.29, 0.717) is 18.3 Å². The zero-order valence-corrected chi connectivity index (χ0v) is 19.4. The molecular formula is C24H40N4O2. The first-order valence-corrected chi connectivity index (χ1v) is 11.7. The second-order valence-electron chi connectivity index (χ2n) is 7.74. The van der Waals surface area contributed by atoms with E-state index in [1.807, 2.05) is 12.1 Å². The molecule has 1 heterocycles. The molecule has 0 aliphatic heterocycles. The highest BCUT2D eigenvalue weighted by atomic mass is 16.5. The number of nitrogens with one attached hydrogen (secondary N) is 2. The molecule has 0 spiro atoms. The summed E-state index contributed by atoms with van der Waals surface area (Å²) in [6, 6.07) is 3.95. The van der Waals surface area contributed by atoms with Crippen LogP contribution in [0.25, 0.3) is 10.9 Å². The highest BCUT2D eigenvalue weighted by molar-refractivity contribution is 5.92. The van der Waals surface area contributed by atoms with Crippen molar-refractivity contribution in [3.05, 3.63) is 12.1 Å². The molecule has 1 aromatic carbocycles. The Morgan fingerprint density at radius 1 is 0.767 bits per heavy atom. The van der Waals surface area contributed by atoms with Gasteiger partial charge in [-0.05, 0) is 25.3 Å². The molecule has 0 fully saturated rings. The van der Waals surface area contributed by atoms with Crippen molar-refractivity contribution in [2.75, 3.05) is 37.4 Å². The summed E-state index contributed by atoms with van der Waals surface area (Å²) in [7, 11) is 1.67. The number of anilines is 2. The van der Waals surface area contributed by atoms with Crippen LogP contribution in [0.4, 0.5) is 11.8 Å². The quantitative estimate of drug-likeness (QED) is 0.308. The van der Waals surface area contributed by atoms with Gasteiger partial charge >= 0.3 is 0 Å². The molecule has 6 nitrogen and oxygen atoms in total. The lowest BCUT2D eigenvalue weighted by atomic mass is 10.2. The van der Waals surface area contributed by atoms with Gasteiger partial charge in [0.25, 0.3) is 0 Å². The van der Waals surface area contributed by atoms with E-state index in [-0.39, 0.29) is 0 Å². The first kappa shape index (κ1) is 24.0. The van der Waals surface area contributed by atoms with Crippen LogP contribution < -0.4 is 20.1 Å². The summed E-state index contributed by atoms with van der Waals surface area (Å²) >= 11 is 0. The Labute approximate surface area is 182 Å². The van der Waals surface area contributed by atoms with Crippen molar-refractivity contribution in [2.45, 2.75) is 78.6 Å². The molecule has 0 saturated carbocycles. The second-order valence-corrected chi connectivity index (χ2v) is 7.74. The molecule has 0 aliphatic rings. The maximum atomic E-state index is 5.89. The minimum atomic E-state index is 0.651. The number of hydrogen-bond donors (Lipinski definition) is 2. The Hall–Kier alpha value is -2.24. The van der Waals surface area contributed by atoms with Crippen LogP contribution in [-0.4, -0.2) is 36.8 Å². The topological polar surface area (TPSA) is 68.3 Å². The van der Waals surface area contributed by atoms with Crippen LogP contribution in [0.1, 0.15) is 78.6 Å². The molecule has 0 saturated heterocycles. The molecule has 6 heteroatoms. The highest BCUT2D eigenvalue weighted by Crippen LogP contribution is 2.35. The standard InChI is InChI=1S/C24H40N4O2/c1-5-8-10-12-14-25-23-19-17-21(29-4)22(30-16-7-3)18-20(19)27-24(28-23)26-15-13-11-9-6-2/h17-18H,5-16H2,1-4H3,(H2,25,26,27,28). The summed E-state index contributed by atoms with van der Waals surface area (Å²) in [5.74, 6) is 2.97. The van der Waals surface area contributed by atoms with Crippen LogP contribution in [0.5, 0.6) is 11.5 Å². The molecule has 2 N–H and O–H groups in total. The van der Waals surface area contributed by atoms with E-state index in [1.165, 1.54) is 38.5 Å². The van der Waals surface area contributed by atoms with E-state index in [4.69, 9.17) is 19.4 Å². The zero-order valence-electron chi connectivity index (χ0n) is 19.4. The number of hydrogen-bond acceptors (Lipinski definition) is 6. The molecule has 0 bridgehead atoms.